The van der Waals surface area contributed by atoms with Gasteiger partial charge in [-0.15, -0.1) is 0 Å². The van der Waals surface area contributed by atoms with Gasteiger partial charge in [-0.05, 0) is 18.4 Å². The lowest BCUT2D eigenvalue weighted by Gasteiger charge is -2.39. The fourth-order valence-electron chi connectivity index (χ4n) is 4.54. The van der Waals surface area contributed by atoms with E-state index in [0.717, 1.165) is 31.7 Å². The van der Waals surface area contributed by atoms with Gasteiger partial charge in [0.05, 0.1) is 18.8 Å². The number of amides is 2. The maximum atomic E-state index is 12.7. The summed E-state index contributed by atoms with van der Waals surface area (Å²) in [5.41, 5.74) is 6.88. The molecule has 160 valence electrons. The van der Waals surface area contributed by atoms with Crippen molar-refractivity contribution in [1.29, 1.82) is 0 Å². The Morgan fingerprint density at radius 1 is 1.10 bits per heavy atom. The van der Waals surface area contributed by atoms with Gasteiger partial charge in [-0.25, -0.2) is 4.68 Å². The summed E-state index contributed by atoms with van der Waals surface area (Å²) in [5.74, 6) is 0.194. The van der Waals surface area contributed by atoms with E-state index >= 15 is 0 Å². The third-order valence-corrected chi connectivity index (χ3v) is 6.11. The van der Waals surface area contributed by atoms with Crippen molar-refractivity contribution in [2.45, 2.75) is 44.3 Å². The number of nitrogens with two attached hydrogens (primary N) is 1. The number of carbonyl (C=O) groups is 2. The molecule has 0 bridgehead atoms. The molecule has 2 fully saturated rings. The molecule has 2 aromatic rings. The van der Waals surface area contributed by atoms with Crippen molar-refractivity contribution in [1.82, 2.24) is 19.6 Å². The van der Waals surface area contributed by atoms with Gasteiger partial charge >= 0.3 is 0 Å². The fourth-order valence-corrected chi connectivity index (χ4v) is 4.54. The molecule has 8 heteroatoms. The molecule has 4 rings (SSSR count). The number of hydrogen-bond acceptors (Lipinski definition) is 5. The second kappa shape index (κ2) is 9.40. The summed E-state index contributed by atoms with van der Waals surface area (Å²) < 4.78 is 1.92. The van der Waals surface area contributed by atoms with Gasteiger partial charge in [-0.3, -0.25) is 19.4 Å². The highest BCUT2D eigenvalue weighted by molar-refractivity contribution is 5.92. The van der Waals surface area contributed by atoms with Crippen molar-refractivity contribution in [3.8, 4) is 0 Å². The lowest BCUT2D eigenvalue weighted by atomic mass is 10.1. The fraction of sp³-hybridized carbons (Fsp3) is 0.500. The molecule has 1 saturated carbocycles. The van der Waals surface area contributed by atoms with Crippen molar-refractivity contribution in [3.05, 3.63) is 48.2 Å². The lowest BCUT2D eigenvalue weighted by molar-refractivity contribution is -0.127. The van der Waals surface area contributed by atoms with E-state index in [1.807, 2.05) is 33.8 Å². The topological polar surface area (TPSA) is 96.5 Å². The molecule has 2 amide bonds. The standard InChI is InChI=1S/C22H30N6O2/c23-22(30)19-15-26(14-17-6-2-1-3-7-17)12-13-27(19)16-21(29)25-20-10-11-24-28(20)18-8-4-5-9-18/h1-3,6-7,10-11,18-19H,4-5,8-9,12-16H2,(H2,23,30)(H,25,29)/t19-/m0/s1. The average Bonchev–Trinajstić information content (AvgIpc) is 3.41. The smallest absolute Gasteiger partial charge is 0.239 e. The second-order valence-electron chi connectivity index (χ2n) is 8.26. The van der Waals surface area contributed by atoms with Crippen LogP contribution in [-0.4, -0.2) is 63.6 Å². The zero-order valence-electron chi connectivity index (χ0n) is 17.2. The number of piperazine rings is 1. The van der Waals surface area contributed by atoms with E-state index in [9.17, 15) is 9.59 Å². The molecule has 1 aromatic heterocycles. The maximum absolute atomic E-state index is 12.7. The SMILES string of the molecule is NC(=O)[C@@H]1CN(Cc2ccccc2)CCN1CC(=O)Nc1ccnn1C1CCCC1. The number of primary amides is 1. The quantitative estimate of drug-likeness (QED) is 0.723. The van der Waals surface area contributed by atoms with Gasteiger partial charge in [0.15, 0.2) is 0 Å². The van der Waals surface area contributed by atoms with E-state index in [-0.39, 0.29) is 12.5 Å². The highest BCUT2D eigenvalue weighted by atomic mass is 16.2. The van der Waals surface area contributed by atoms with Crippen LogP contribution in [0.2, 0.25) is 0 Å². The monoisotopic (exact) mass is 410 g/mol. The molecule has 3 N–H and O–H groups in total. The minimum absolute atomic E-state index is 0.141. The summed E-state index contributed by atoms with van der Waals surface area (Å²) in [6, 6.07) is 11.9. The van der Waals surface area contributed by atoms with E-state index in [2.05, 4.69) is 27.4 Å². The highest BCUT2D eigenvalue weighted by Crippen LogP contribution is 2.31. The molecule has 8 nitrogen and oxygen atoms in total. The minimum Gasteiger partial charge on any atom is -0.368 e. The zero-order chi connectivity index (χ0) is 20.9. The molecular weight excluding hydrogens is 380 g/mol. The van der Waals surface area contributed by atoms with E-state index < -0.39 is 11.9 Å². The van der Waals surface area contributed by atoms with Gasteiger partial charge in [0.1, 0.15) is 11.9 Å². The zero-order valence-corrected chi connectivity index (χ0v) is 17.2. The van der Waals surface area contributed by atoms with Crippen LogP contribution in [0.5, 0.6) is 0 Å². The first kappa shape index (κ1) is 20.6. The first-order valence-electron chi connectivity index (χ1n) is 10.7. The summed E-state index contributed by atoms with van der Waals surface area (Å²) >= 11 is 0. The third kappa shape index (κ3) is 4.88. The second-order valence-corrected chi connectivity index (χ2v) is 8.26. The minimum atomic E-state index is -0.479. The number of aromatic nitrogens is 2. The van der Waals surface area contributed by atoms with Gasteiger partial charge in [-0.1, -0.05) is 43.2 Å². The van der Waals surface area contributed by atoms with Crippen LogP contribution in [-0.2, 0) is 16.1 Å². The summed E-state index contributed by atoms with van der Waals surface area (Å²) in [4.78, 5) is 28.9. The number of carbonyl (C=O) groups excluding carboxylic acids is 2. The molecule has 1 saturated heterocycles. The molecule has 1 aliphatic carbocycles. The van der Waals surface area contributed by atoms with Crippen LogP contribution in [0.4, 0.5) is 5.82 Å². The highest BCUT2D eigenvalue weighted by Gasteiger charge is 2.32. The Morgan fingerprint density at radius 3 is 2.60 bits per heavy atom. The van der Waals surface area contributed by atoms with Crippen molar-refractivity contribution in [2.75, 3.05) is 31.5 Å². The average molecular weight is 411 g/mol. The molecule has 30 heavy (non-hydrogen) atoms. The normalized spacial score (nSPS) is 21.0. The first-order valence-corrected chi connectivity index (χ1v) is 10.7. The maximum Gasteiger partial charge on any atom is 0.239 e. The van der Waals surface area contributed by atoms with Crippen molar-refractivity contribution in [2.24, 2.45) is 5.73 Å². The van der Waals surface area contributed by atoms with Crippen molar-refractivity contribution in [3.63, 3.8) is 0 Å². The van der Waals surface area contributed by atoms with E-state index in [0.29, 0.717) is 19.1 Å². The van der Waals surface area contributed by atoms with Gasteiger partial charge in [0.2, 0.25) is 11.8 Å². The van der Waals surface area contributed by atoms with Crippen LogP contribution >= 0.6 is 0 Å². The number of anilines is 1. The van der Waals surface area contributed by atoms with Crippen molar-refractivity contribution < 1.29 is 9.59 Å². The molecule has 0 radical (unpaired) electrons. The Labute approximate surface area is 177 Å². The molecule has 1 atom stereocenters. The third-order valence-electron chi connectivity index (χ3n) is 6.11. The molecule has 1 aliphatic heterocycles. The van der Waals surface area contributed by atoms with Gasteiger partial charge in [-0.2, -0.15) is 5.10 Å². The number of benzene rings is 1. The predicted octanol–water partition coefficient (Wildman–Crippen LogP) is 1.61. The molecule has 0 spiro atoms. The predicted molar refractivity (Wildman–Crippen MR) is 115 cm³/mol. The number of rotatable bonds is 7. The van der Waals surface area contributed by atoms with Crippen LogP contribution in [0.15, 0.2) is 42.6 Å². The Hall–Kier alpha value is -2.71. The van der Waals surface area contributed by atoms with Gasteiger partial charge in [0, 0.05) is 32.2 Å². The Bertz CT molecular complexity index is 862. The summed E-state index contributed by atoms with van der Waals surface area (Å²) in [5, 5.41) is 7.38. The molecular formula is C22H30N6O2. The van der Waals surface area contributed by atoms with Crippen LogP contribution in [0.1, 0.15) is 37.3 Å². The molecule has 2 aliphatic rings. The van der Waals surface area contributed by atoms with Crippen LogP contribution in [0, 0.1) is 0 Å². The Kier molecular flexibility index (Phi) is 6.44. The molecule has 0 unspecified atom stereocenters. The summed E-state index contributed by atoms with van der Waals surface area (Å²) in [7, 11) is 0. The number of nitrogens with zero attached hydrogens (tertiary/aromatic N) is 4. The van der Waals surface area contributed by atoms with Crippen LogP contribution in [0.3, 0.4) is 0 Å². The van der Waals surface area contributed by atoms with E-state index in [1.165, 1.54) is 18.4 Å². The van der Waals surface area contributed by atoms with E-state index in [4.69, 9.17) is 5.73 Å². The number of hydrogen-bond donors (Lipinski definition) is 2. The lowest BCUT2D eigenvalue weighted by Crippen LogP contribution is -2.59. The largest absolute Gasteiger partial charge is 0.368 e. The van der Waals surface area contributed by atoms with E-state index in [1.54, 1.807) is 6.20 Å². The number of nitrogens with one attached hydrogen (secondary N) is 1. The molecule has 1 aromatic carbocycles. The van der Waals surface area contributed by atoms with Crippen LogP contribution in [0.25, 0.3) is 0 Å². The summed E-state index contributed by atoms with van der Waals surface area (Å²) in [6.45, 7) is 2.84. The Balaban J connectivity index is 1.35. The van der Waals surface area contributed by atoms with Gasteiger partial charge in [0.25, 0.3) is 0 Å². The van der Waals surface area contributed by atoms with Crippen LogP contribution < -0.4 is 11.1 Å². The van der Waals surface area contributed by atoms with Gasteiger partial charge < -0.3 is 11.1 Å². The first-order chi connectivity index (χ1) is 14.6. The summed E-state index contributed by atoms with van der Waals surface area (Å²) in [6.07, 6.45) is 6.31. The Morgan fingerprint density at radius 2 is 1.87 bits per heavy atom. The van der Waals surface area contributed by atoms with Crippen molar-refractivity contribution >= 4 is 17.6 Å². The molecule has 2 heterocycles.